The molecule has 0 aliphatic rings. The highest BCUT2D eigenvalue weighted by atomic mass is 79.9. The van der Waals surface area contributed by atoms with Crippen LogP contribution in [0.5, 0.6) is 0 Å². The number of thioether (sulfide) groups is 1. The zero-order valence-corrected chi connectivity index (χ0v) is 11.1. The molecular formula is C10H9BrFNS2. The van der Waals surface area contributed by atoms with E-state index in [4.69, 9.17) is 0 Å². The van der Waals surface area contributed by atoms with Gasteiger partial charge in [-0.3, -0.25) is 0 Å². The van der Waals surface area contributed by atoms with E-state index in [-0.39, 0.29) is 5.82 Å². The highest BCUT2D eigenvalue weighted by Crippen LogP contribution is 2.30. The van der Waals surface area contributed by atoms with Crippen molar-refractivity contribution < 1.29 is 4.39 Å². The zero-order chi connectivity index (χ0) is 10.7. The molecule has 0 bridgehead atoms. The molecule has 0 radical (unpaired) electrons. The Morgan fingerprint density at radius 2 is 2.33 bits per heavy atom. The van der Waals surface area contributed by atoms with E-state index in [1.54, 1.807) is 29.2 Å². The maximum Gasteiger partial charge on any atom is 0.151 e. The second-order valence-corrected chi connectivity index (χ2v) is 6.12. The minimum Gasteiger partial charge on any atom is -0.227 e. The first-order valence-electron chi connectivity index (χ1n) is 4.55. The molecule has 0 aliphatic heterocycles. The lowest BCUT2D eigenvalue weighted by Crippen LogP contribution is -1.80. The second-order valence-electron chi connectivity index (χ2n) is 2.96. The summed E-state index contributed by atoms with van der Waals surface area (Å²) in [7, 11) is 0. The maximum atomic E-state index is 13.3. The van der Waals surface area contributed by atoms with Gasteiger partial charge in [-0.05, 0) is 18.6 Å². The van der Waals surface area contributed by atoms with Crippen molar-refractivity contribution in [2.75, 3.05) is 11.1 Å². The highest BCUT2D eigenvalue weighted by molar-refractivity contribution is 9.09. The number of fused-ring (bicyclic) bond motifs is 1. The van der Waals surface area contributed by atoms with Crippen molar-refractivity contribution in [3.63, 3.8) is 0 Å². The number of para-hydroxylation sites is 1. The summed E-state index contributed by atoms with van der Waals surface area (Å²) in [5, 5.41) is 0.999. The summed E-state index contributed by atoms with van der Waals surface area (Å²) in [6.45, 7) is 0. The molecule has 0 spiro atoms. The minimum absolute atomic E-state index is 0.226. The SMILES string of the molecule is Fc1cccc2sc(SCCCBr)nc12. The molecular weight excluding hydrogens is 297 g/mol. The Kier molecular flexibility index (Phi) is 3.99. The molecule has 5 heteroatoms. The molecule has 2 aromatic rings. The van der Waals surface area contributed by atoms with Crippen LogP contribution in [0.3, 0.4) is 0 Å². The molecule has 1 aromatic heterocycles. The fourth-order valence-electron chi connectivity index (χ4n) is 1.17. The number of hydrogen-bond acceptors (Lipinski definition) is 3. The van der Waals surface area contributed by atoms with Crippen LogP contribution in [0.15, 0.2) is 22.5 Å². The van der Waals surface area contributed by atoms with E-state index >= 15 is 0 Å². The number of thiazole rings is 1. The zero-order valence-electron chi connectivity index (χ0n) is 7.87. The predicted octanol–water partition coefficient (Wildman–Crippen LogP) is 4.31. The van der Waals surface area contributed by atoms with Gasteiger partial charge in [0.15, 0.2) is 4.34 Å². The van der Waals surface area contributed by atoms with Gasteiger partial charge >= 0.3 is 0 Å². The van der Waals surface area contributed by atoms with Crippen LogP contribution >= 0.6 is 39.0 Å². The molecule has 0 amide bonds. The normalized spacial score (nSPS) is 11.1. The topological polar surface area (TPSA) is 12.9 Å². The van der Waals surface area contributed by atoms with Crippen molar-refractivity contribution in [1.82, 2.24) is 4.98 Å². The molecule has 0 unspecified atom stereocenters. The number of hydrogen-bond donors (Lipinski definition) is 0. The standard InChI is InChI=1S/C10H9BrFNS2/c11-5-2-6-14-10-13-9-7(12)3-1-4-8(9)15-10/h1,3-4H,2,5-6H2. The van der Waals surface area contributed by atoms with Gasteiger partial charge in [0.05, 0.1) is 4.70 Å². The van der Waals surface area contributed by atoms with Crippen molar-refractivity contribution in [2.24, 2.45) is 0 Å². The summed E-state index contributed by atoms with van der Waals surface area (Å²) < 4.78 is 15.2. The van der Waals surface area contributed by atoms with Crippen molar-refractivity contribution in [3.8, 4) is 0 Å². The Hall–Kier alpha value is -0.130. The lowest BCUT2D eigenvalue weighted by molar-refractivity contribution is 0.637. The Bertz CT molecular complexity index is 458. The van der Waals surface area contributed by atoms with Gasteiger partial charge in [-0.2, -0.15) is 0 Å². The molecule has 0 saturated carbocycles. The fourth-order valence-corrected chi connectivity index (χ4v) is 3.91. The van der Waals surface area contributed by atoms with Gasteiger partial charge in [0.1, 0.15) is 11.3 Å². The molecule has 0 N–H and O–H groups in total. The number of nitrogens with zero attached hydrogens (tertiary/aromatic N) is 1. The summed E-state index contributed by atoms with van der Waals surface area (Å²) in [6.07, 6.45) is 1.10. The van der Waals surface area contributed by atoms with Crippen LogP contribution in [0.1, 0.15) is 6.42 Å². The third-order valence-electron chi connectivity index (χ3n) is 1.85. The van der Waals surface area contributed by atoms with E-state index in [0.717, 1.165) is 26.5 Å². The minimum atomic E-state index is -0.226. The molecule has 15 heavy (non-hydrogen) atoms. The lowest BCUT2D eigenvalue weighted by atomic mass is 10.3. The first-order valence-corrected chi connectivity index (χ1v) is 7.47. The molecule has 1 heterocycles. The smallest absolute Gasteiger partial charge is 0.151 e. The summed E-state index contributed by atoms with van der Waals surface area (Å²) in [5.41, 5.74) is 0.504. The quantitative estimate of drug-likeness (QED) is 0.474. The molecule has 1 nitrogen and oxygen atoms in total. The van der Waals surface area contributed by atoms with Crippen LogP contribution in [0.25, 0.3) is 10.2 Å². The molecule has 0 aliphatic carbocycles. The van der Waals surface area contributed by atoms with Crippen molar-refractivity contribution >= 4 is 49.2 Å². The van der Waals surface area contributed by atoms with E-state index in [1.165, 1.54) is 6.07 Å². The third-order valence-corrected chi connectivity index (χ3v) is 4.66. The molecule has 0 saturated heterocycles. The van der Waals surface area contributed by atoms with E-state index in [1.807, 2.05) is 6.07 Å². The van der Waals surface area contributed by atoms with Gasteiger partial charge in [-0.15, -0.1) is 11.3 Å². The van der Waals surface area contributed by atoms with Gasteiger partial charge in [0, 0.05) is 11.1 Å². The third kappa shape index (κ3) is 2.71. The lowest BCUT2D eigenvalue weighted by Gasteiger charge is -1.92. The Labute approximate surface area is 104 Å². The van der Waals surface area contributed by atoms with E-state index in [9.17, 15) is 4.39 Å². The Balaban J connectivity index is 2.20. The van der Waals surface area contributed by atoms with Gasteiger partial charge < -0.3 is 0 Å². The Morgan fingerprint density at radius 1 is 1.47 bits per heavy atom. The van der Waals surface area contributed by atoms with Crippen molar-refractivity contribution in [2.45, 2.75) is 10.8 Å². The van der Waals surface area contributed by atoms with Crippen LogP contribution in [-0.2, 0) is 0 Å². The summed E-state index contributed by atoms with van der Waals surface area (Å²) >= 11 is 6.63. The monoisotopic (exact) mass is 305 g/mol. The molecule has 0 atom stereocenters. The highest BCUT2D eigenvalue weighted by Gasteiger charge is 2.07. The number of rotatable bonds is 4. The van der Waals surface area contributed by atoms with Crippen LogP contribution < -0.4 is 0 Å². The van der Waals surface area contributed by atoms with Crippen LogP contribution in [-0.4, -0.2) is 16.1 Å². The van der Waals surface area contributed by atoms with Crippen molar-refractivity contribution in [1.29, 1.82) is 0 Å². The summed E-state index contributed by atoms with van der Waals surface area (Å²) in [6, 6.07) is 5.09. The van der Waals surface area contributed by atoms with E-state index < -0.39 is 0 Å². The second kappa shape index (κ2) is 5.27. The average Bonchev–Trinajstić information content (AvgIpc) is 2.63. The summed E-state index contributed by atoms with van der Waals surface area (Å²) in [4.78, 5) is 4.28. The molecule has 1 aromatic carbocycles. The van der Waals surface area contributed by atoms with E-state index in [2.05, 4.69) is 20.9 Å². The van der Waals surface area contributed by atoms with Crippen LogP contribution in [0, 0.1) is 5.82 Å². The Morgan fingerprint density at radius 3 is 3.07 bits per heavy atom. The van der Waals surface area contributed by atoms with Gasteiger partial charge in [-0.25, -0.2) is 9.37 Å². The maximum absolute atomic E-state index is 13.3. The molecule has 80 valence electrons. The number of alkyl halides is 1. The van der Waals surface area contributed by atoms with Gasteiger partial charge in [-0.1, -0.05) is 33.8 Å². The number of halogens is 2. The van der Waals surface area contributed by atoms with Gasteiger partial charge in [0.25, 0.3) is 0 Å². The van der Waals surface area contributed by atoms with Crippen molar-refractivity contribution in [3.05, 3.63) is 24.0 Å². The predicted molar refractivity (Wildman–Crippen MR) is 68.7 cm³/mol. The van der Waals surface area contributed by atoms with E-state index in [0.29, 0.717) is 5.52 Å². The first kappa shape index (κ1) is 11.4. The van der Waals surface area contributed by atoms with Gasteiger partial charge in [0.2, 0.25) is 0 Å². The average molecular weight is 306 g/mol. The number of aromatic nitrogens is 1. The molecule has 2 rings (SSSR count). The largest absolute Gasteiger partial charge is 0.227 e. The van der Waals surface area contributed by atoms with Crippen LogP contribution in [0.2, 0.25) is 0 Å². The number of benzene rings is 1. The first-order chi connectivity index (χ1) is 7.31. The molecule has 0 fully saturated rings. The van der Waals surface area contributed by atoms with Crippen LogP contribution in [0.4, 0.5) is 4.39 Å². The summed E-state index contributed by atoms with van der Waals surface area (Å²) in [5.74, 6) is 0.795. The fraction of sp³-hybridized carbons (Fsp3) is 0.300.